The van der Waals surface area contributed by atoms with Crippen molar-refractivity contribution in [3.05, 3.63) is 77.2 Å². The highest BCUT2D eigenvalue weighted by molar-refractivity contribution is 7.89. The van der Waals surface area contributed by atoms with E-state index in [1.807, 2.05) is 13.0 Å². The third-order valence-electron chi connectivity index (χ3n) is 5.78. The van der Waals surface area contributed by atoms with Crippen molar-refractivity contribution in [1.29, 1.82) is 0 Å². The molecule has 4 rings (SSSR count). The zero-order valence-corrected chi connectivity index (χ0v) is 19.2. The van der Waals surface area contributed by atoms with Crippen molar-refractivity contribution in [2.24, 2.45) is 0 Å². The van der Waals surface area contributed by atoms with Crippen LogP contribution >= 0.6 is 0 Å². The van der Waals surface area contributed by atoms with Crippen LogP contribution < -0.4 is 4.90 Å². The highest BCUT2D eigenvalue weighted by Gasteiger charge is 2.42. The molecule has 0 amide bonds. The molecule has 10 heteroatoms. The van der Waals surface area contributed by atoms with Gasteiger partial charge in [-0.2, -0.15) is 0 Å². The van der Waals surface area contributed by atoms with E-state index in [4.69, 9.17) is 0 Å². The second-order valence-corrected chi connectivity index (χ2v) is 9.82. The molecule has 1 atom stereocenters. The summed E-state index contributed by atoms with van der Waals surface area (Å²) < 4.78 is 42.2. The minimum Gasteiger partial charge on any atom is -0.481 e. The number of anilines is 2. The van der Waals surface area contributed by atoms with Gasteiger partial charge >= 0.3 is 5.97 Å². The Morgan fingerprint density at radius 3 is 2.67 bits per heavy atom. The molecular weight excluding hydrogens is 447 g/mol. The lowest BCUT2D eigenvalue weighted by Crippen LogP contribution is -2.36. The second-order valence-electron chi connectivity index (χ2n) is 8.01. The van der Waals surface area contributed by atoms with Crippen LogP contribution in [0.3, 0.4) is 0 Å². The number of carboxylic acids is 1. The molecule has 0 aromatic carbocycles. The number of fused-ring (bicyclic) bond motifs is 1. The van der Waals surface area contributed by atoms with Gasteiger partial charge in [-0.1, -0.05) is 0 Å². The maximum Gasteiger partial charge on any atom is 0.307 e. The number of hydrogen-bond donors (Lipinski definition) is 1. The molecule has 0 saturated carbocycles. The fourth-order valence-electron chi connectivity index (χ4n) is 4.16. The smallest absolute Gasteiger partial charge is 0.307 e. The molecule has 0 bridgehead atoms. The number of carboxylic acid groups (broad SMARTS) is 1. The zero-order chi connectivity index (χ0) is 23.9. The first-order valence-electron chi connectivity index (χ1n) is 10.2. The predicted molar refractivity (Wildman–Crippen MR) is 121 cm³/mol. The Labute approximate surface area is 191 Å². The highest BCUT2D eigenvalue weighted by atomic mass is 32.2. The molecule has 8 nitrogen and oxygen atoms in total. The molecule has 1 unspecified atom stereocenters. The maximum atomic E-state index is 13.9. The van der Waals surface area contributed by atoms with Crippen molar-refractivity contribution in [1.82, 2.24) is 14.3 Å². The summed E-state index contributed by atoms with van der Waals surface area (Å²) in [5.41, 5.74) is 2.77. The Kier molecular flexibility index (Phi) is 5.79. The van der Waals surface area contributed by atoms with E-state index in [1.54, 1.807) is 37.3 Å². The van der Waals surface area contributed by atoms with Gasteiger partial charge in [-0.05, 0) is 67.3 Å². The Hall–Kier alpha value is -3.53. The van der Waals surface area contributed by atoms with E-state index < -0.39 is 27.9 Å². The average Bonchev–Trinajstić information content (AvgIpc) is 3.04. The first-order valence-corrected chi connectivity index (χ1v) is 11.7. The lowest BCUT2D eigenvalue weighted by Gasteiger charge is -2.29. The van der Waals surface area contributed by atoms with Crippen molar-refractivity contribution >= 4 is 27.5 Å². The Morgan fingerprint density at radius 1 is 1.27 bits per heavy atom. The number of carbonyl (C=O) groups is 1. The van der Waals surface area contributed by atoms with Crippen LogP contribution in [-0.2, 0) is 14.8 Å². The van der Waals surface area contributed by atoms with Crippen molar-refractivity contribution in [2.45, 2.75) is 37.6 Å². The summed E-state index contributed by atoms with van der Waals surface area (Å²) in [4.78, 5) is 21.6. The summed E-state index contributed by atoms with van der Waals surface area (Å²) in [6.07, 6.45) is 6.95. The molecule has 1 aliphatic heterocycles. The first kappa shape index (κ1) is 22.7. The number of aliphatic carboxylic acids is 1. The summed E-state index contributed by atoms with van der Waals surface area (Å²) in [5.74, 6) is -1.08. The van der Waals surface area contributed by atoms with Crippen molar-refractivity contribution in [3.63, 3.8) is 0 Å². The van der Waals surface area contributed by atoms with E-state index >= 15 is 0 Å². The fourth-order valence-corrected chi connectivity index (χ4v) is 5.82. The van der Waals surface area contributed by atoms with Gasteiger partial charge in [0.25, 0.3) is 10.0 Å². The quantitative estimate of drug-likeness (QED) is 0.684. The molecule has 2 aromatic rings. The summed E-state index contributed by atoms with van der Waals surface area (Å²) in [5, 5.41) is 9.29. The van der Waals surface area contributed by atoms with Crippen LogP contribution in [0.15, 0.2) is 76.5 Å². The van der Waals surface area contributed by atoms with Crippen LogP contribution in [0.25, 0.3) is 0 Å². The van der Waals surface area contributed by atoms with E-state index in [0.29, 0.717) is 17.0 Å². The van der Waals surface area contributed by atoms with Gasteiger partial charge in [0.1, 0.15) is 16.5 Å². The summed E-state index contributed by atoms with van der Waals surface area (Å²) in [6.45, 7) is 3.47. The number of nitrogens with zero attached hydrogens (tertiary/aromatic N) is 4. The van der Waals surface area contributed by atoms with Gasteiger partial charge < -0.3 is 10.0 Å². The van der Waals surface area contributed by atoms with Crippen molar-refractivity contribution in [2.75, 3.05) is 11.9 Å². The monoisotopic (exact) mass is 470 g/mol. The third kappa shape index (κ3) is 4.13. The maximum absolute atomic E-state index is 13.9. The summed E-state index contributed by atoms with van der Waals surface area (Å²) >= 11 is 0. The molecular formula is C23H23FN4O4S. The molecule has 0 radical (unpaired) electrons. The molecule has 1 aliphatic carbocycles. The Bertz CT molecular complexity index is 1320. The standard InChI is InChI=1S/C23H23FN4O4S/c1-14-8-17(12-25-11-14)27(3)22-7-5-18(13-26-22)33(31,32)28-15(2)19(10-23(29)30)20-9-16(24)4-6-21(20)28/h4-5,7-9,11-13,21H,6,10H2,1-3H3,(H,29,30). The van der Waals surface area contributed by atoms with E-state index in [-0.39, 0.29) is 23.4 Å². The number of halogens is 1. The van der Waals surface area contributed by atoms with Gasteiger partial charge in [0, 0.05) is 25.1 Å². The van der Waals surface area contributed by atoms with Crippen LogP contribution in [0.5, 0.6) is 0 Å². The second kappa shape index (κ2) is 8.43. The highest BCUT2D eigenvalue weighted by Crippen LogP contribution is 2.43. The van der Waals surface area contributed by atoms with Crippen LogP contribution in [0.4, 0.5) is 15.9 Å². The molecule has 33 heavy (non-hydrogen) atoms. The minimum atomic E-state index is -4.06. The SMILES string of the molecule is CC1=C(CC(=O)O)C2=CC(F)=CCC2N1S(=O)(=O)c1ccc(N(C)c2cncc(C)c2)nc1. The normalized spacial score (nSPS) is 18.1. The molecule has 1 N–H and O–H groups in total. The number of aryl methyl sites for hydroxylation is 1. The number of rotatable bonds is 6. The van der Waals surface area contributed by atoms with Crippen LogP contribution in [0, 0.1) is 6.92 Å². The number of hydrogen-bond acceptors (Lipinski definition) is 6. The third-order valence-corrected chi connectivity index (χ3v) is 7.67. The molecule has 2 aliphatic rings. The van der Waals surface area contributed by atoms with Gasteiger partial charge in [-0.25, -0.2) is 17.8 Å². The molecule has 0 spiro atoms. The van der Waals surface area contributed by atoms with Gasteiger partial charge in [-0.15, -0.1) is 0 Å². The van der Waals surface area contributed by atoms with Crippen molar-refractivity contribution < 1.29 is 22.7 Å². The molecule has 0 saturated heterocycles. The molecule has 0 fully saturated rings. The van der Waals surface area contributed by atoms with E-state index in [9.17, 15) is 22.7 Å². The van der Waals surface area contributed by atoms with E-state index in [2.05, 4.69) is 9.97 Å². The van der Waals surface area contributed by atoms with Crippen LogP contribution in [-0.4, -0.2) is 46.9 Å². The minimum absolute atomic E-state index is 0.0349. The van der Waals surface area contributed by atoms with Gasteiger partial charge in [-0.3, -0.25) is 14.1 Å². The van der Waals surface area contributed by atoms with Crippen LogP contribution in [0.2, 0.25) is 0 Å². The van der Waals surface area contributed by atoms with Gasteiger partial charge in [0.2, 0.25) is 0 Å². The molecule has 2 aromatic heterocycles. The average molecular weight is 471 g/mol. The lowest BCUT2D eigenvalue weighted by molar-refractivity contribution is -0.136. The Morgan fingerprint density at radius 2 is 2.03 bits per heavy atom. The zero-order valence-electron chi connectivity index (χ0n) is 18.4. The fraction of sp³-hybridized carbons (Fsp3) is 0.261. The summed E-state index contributed by atoms with van der Waals surface area (Å²) in [6, 6.07) is 4.30. The first-order chi connectivity index (χ1) is 15.6. The Balaban J connectivity index is 1.68. The molecule has 172 valence electrons. The summed E-state index contributed by atoms with van der Waals surface area (Å²) in [7, 11) is -2.26. The molecule has 3 heterocycles. The predicted octanol–water partition coefficient (Wildman–Crippen LogP) is 3.86. The van der Waals surface area contributed by atoms with E-state index in [0.717, 1.165) is 11.3 Å². The lowest BCUT2D eigenvalue weighted by atomic mass is 9.93. The number of aromatic nitrogens is 2. The number of allylic oxidation sites excluding steroid dienone is 3. The van der Waals surface area contributed by atoms with Crippen LogP contribution in [0.1, 0.15) is 25.3 Å². The largest absolute Gasteiger partial charge is 0.481 e. The topological polar surface area (TPSA) is 104 Å². The van der Waals surface area contributed by atoms with Crippen molar-refractivity contribution in [3.8, 4) is 0 Å². The van der Waals surface area contributed by atoms with Gasteiger partial charge in [0.05, 0.1) is 24.3 Å². The van der Waals surface area contributed by atoms with E-state index in [1.165, 1.54) is 28.7 Å². The van der Waals surface area contributed by atoms with Gasteiger partial charge in [0.15, 0.2) is 0 Å². The number of pyridine rings is 2. The number of sulfonamides is 1.